The van der Waals surface area contributed by atoms with Crippen LogP contribution in [-0.2, 0) is 12.8 Å². The van der Waals surface area contributed by atoms with Gasteiger partial charge in [-0.3, -0.25) is 0 Å². The van der Waals surface area contributed by atoms with E-state index in [9.17, 15) is 0 Å². The number of unbranched alkanes of at least 4 members (excludes halogenated alkanes) is 6. The topological polar surface area (TPSA) is 9.23 Å². The third kappa shape index (κ3) is 6.42. The third-order valence-electron chi connectivity index (χ3n) is 4.37. The summed E-state index contributed by atoms with van der Waals surface area (Å²) in [6.45, 7) is 0.875. The molecule has 118 valence electrons. The fourth-order valence-electron chi connectivity index (χ4n) is 3.07. The molecule has 0 radical (unpaired) electrons. The van der Waals surface area contributed by atoms with Crippen LogP contribution in [0.4, 0.5) is 0 Å². The Hall–Kier alpha value is -0.500. The van der Waals surface area contributed by atoms with Gasteiger partial charge in [-0.1, -0.05) is 54.1 Å². The molecule has 0 aliphatic heterocycles. The molecule has 0 bridgehead atoms. The number of benzene rings is 1. The van der Waals surface area contributed by atoms with E-state index < -0.39 is 0 Å². The number of rotatable bonds is 10. The lowest BCUT2D eigenvalue weighted by atomic mass is 9.92. The van der Waals surface area contributed by atoms with Gasteiger partial charge in [-0.25, -0.2) is 0 Å². The van der Waals surface area contributed by atoms with Crippen LogP contribution in [0.5, 0.6) is 5.75 Å². The van der Waals surface area contributed by atoms with Gasteiger partial charge in [0.15, 0.2) is 0 Å². The molecule has 0 atom stereocenters. The van der Waals surface area contributed by atoms with Gasteiger partial charge in [0.25, 0.3) is 0 Å². The average molecular weight is 353 g/mol. The summed E-state index contributed by atoms with van der Waals surface area (Å²) in [5.74, 6) is 1.08. The minimum atomic E-state index is 0.875. The first-order valence-electron chi connectivity index (χ1n) is 8.71. The van der Waals surface area contributed by atoms with Gasteiger partial charge in [-0.05, 0) is 61.8 Å². The van der Waals surface area contributed by atoms with Crippen molar-refractivity contribution in [3.8, 4) is 5.75 Å². The molecule has 0 spiro atoms. The fraction of sp³-hybridized carbons (Fsp3) is 0.684. The van der Waals surface area contributed by atoms with Gasteiger partial charge in [0.2, 0.25) is 0 Å². The molecule has 0 heterocycles. The molecule has 1 aromatic carbocycles. The molecule has 21 heavy (non-hydrogen) atoms. The quantitative estimate of drug-likeness (QED) is 0.366. The first-order valence-corrected chi connectivity index (χ1v) is 9.83. The van der Waals surface area contributed by atoms with Gasteiger partial charge in [0.05, 0.1) is 6.61 Å². The maximum Gasteiger partial charge on any atom is 0.119 e. The lowest BCUT2D eigenvalue weighted by molar-refractivity contribution is 0.304. The molecule has 1 aliphatic carbocycles. The zero-order valence-corrected chi connectivity index (χ0v) is 14.8. The van der Waals surface area contributed by atoms with Crippen LogP contribution in [0.1, 0.15) is 68.9 Å². The second-order valence-electron chi connectivity index (χ2n) is 6.15. The number of hydrogen-bond acceptors (Lipinski definition) is 1. The summed E-state index contributed by atoms with van der Waals surface area (Å²) in [5, 5.41) is 1.15. The van der Waals surface area contributed by atoms with Crippen molar-refractivity contribution in [3.05, 3.63) is 29.3 Å². The highest BCUT2D eigenvalue weighted by Gasteiger charge is 2.09. The van der Waals surface area contributed by atoms with E-state index >= 15 is 0 Å². The number of fused-ring (bicyclic) bond motifs is 1. The van der Waals surface area contributed by atoms with Crippen LogP contribution in [0.3, 0.4) is 0 Å². The molecule has 0 fully saturated rings. The van der Waals surface area contributed by atoms with E-state index in [4.69, 9.17) is 4.74 Å². The van der Waals surface area contributed by atoms with Crippen molar-refractivity contribution < 1.29 is 4.74 Å². The van der Waals surface area contributed by atoms with Crippen LogP contribution in [0.25, 0.3) is 0 Å². The van der Waals surface area contributed by atoms with E-state index in [-0.39, 0.29) is 0 Å². The van der Waals surface area contributed by atoms with Gasteiger partial charge in [-0.2, -0.15) is 0 Å². The Kier molecular flexibility index (Phi) is 8.24. The molecule has 2 heteroatoms. The predicted molar refractivity (Wildman–Crippen MR) is 94.7 cm³/mol. The molecule has 2 rings (SSSR count). The predicted octanol–water partition coefficient (Wildman–Crippen LogP) is 6.07. The van der Waals surface area contributed by atoms with E-state index in [2.05, 4.69) is 34.1 Å². The van der Waals surface area contributed by atoms with Crippen molar-refractivity contribution in [3.63, 3.8) is 0 Å². The summed E-state index contributed by atoms with van der Waals surface area (Å²) in [7, 11) is 0. The van der Waals surface area contributed by atoms with Crippen molar-refractivity contribution in [1.29, 1.82) is 0 Å². The number of halogens is 1. The minimum Gasteiger partial charge on any atom is -0.494 e. The zero-order valence-electron chi connectivity index (χ0n) is 13.2. The highest BCUT2D eigenvalue weighted by molar-refractivity contribution is 9.09. The molecule has 1 aliphatic rings. The molecule has 0 saturated carbocycles. The van der Waals surface area contributed by atoms with Gasteiger partial charge >= 0.3 is 0 Å². The van der Waals surface area contributed by atoms with Crippen LogP contribution < -0.4 is 4.74 Å². The summed E-state index contributed by atoms with van der Waals surface area (Å²) < 4.78 is 5.91. The van der Waals surface area contributed by atoms with Crippen molar-refractivity contribution >= 4 is 15.9 Å². The Labute approximate surface area is 138 Å². The molecule has 0 saturated heterocycles. The Balaban J connectivity index is 1.54. The second-order valence-corrected chi connectivity index (χ2v) is 6.94. The van der Waals surface area contributed by atoms with Gasteiger partial charge in [0, 0.05) is 5.33 Å². The fourth-order valence-corrected chi connectivity index (χ4v) is 3.47. The van der Waals surface area contributed by atoms with Crippen molar-refractivity contribution in [2.45, 2.75) is 70.6 Å². The summed E-state index contributed by atoms with van der Waals surface area (Å²) in [6.07, 6.45) is 14.5. The number of ether oxygens (including phenoxy) is 1. The first-order chi connectivity index (χ1) is 10.4. The maximum atomic E-state index is 5.91. The Morgan fingerprint density at radius 2 is 1.48 bits per heavy atom. The van der Waals surface area contributed by atoms with Crippen LogP contribution in [0.2, 0.25) is 0 Å². The van der Waals surface area contributed by atoms with Crippen molar-refractivity contribution in [2.75, 3.05) is 11.9 Å². The smallest absolute Gasteiger partial charge is 0.119 e. The highest BCUT2D eigenvalue weighted by atomic mass is 79.9. The molecule has 1 aromatic rings. The molecule has 0 aromatic heterocycles. The lowest BCUT2D eigenvalue weighted by Crippen LogP contribution is -2.04. The highest BCUT2D eigenvalue weighted by Crippen LogP contribution is 2.25. The van der Waals surface area contributed by atoms with Crippen molar-refractivity contribution in [1.82, 2.24) is 0 Å². The molecule has 0 N–H and O–H groups in total. The van der Waals surface area contributed by atoms with Crippen molar-refractivity contribution in [2.24, 2.45) is 0 Å². The number of alkyl halides is 1. The third-order valence-corrected chi connectivity index (χ3v) is 4.93. The SMILES string of the molecule is BrCCCCCCCCCOc1ccc2c(c1)CCCC2. The maximum absolute atomic E-state index is 5.91. The first kappa shape index (κ1) is 16.9. The largest absolute Gasteiger partial charge is 0.494 e. The van der Waals surface area contributed by atoms with E-state index in [1.807, 2.05) is 0 Å². The second kappa shape index (κ2) is 10.3. The van der Waals surface area contributed by atoms with E-state index in [1.54, 1.807) is 0 Å². The Bertz CT molecular complexity index is 403. The van der Waals surface area contributed by atoms with E-state index in [0.29, 0.717) is 0 Å². The van der Waals surface area contributed by atoms with Crippen LogP contribution >= 0.6 is 15.9 Å². The Morgan fingerprint density at radius 3 is 2.24 bits per heavy atom. The standard InChI is InChI=1S/C19H29BrO/c20-14-8-4-2-1-3-5-9-15-21-19-13-12-17-10-6-7-11-18(17)16-19/h12-13,16H,1-11,14-15H2. The zero-order chi connectivity index (χ0) is 14.8. The van der Waals surface area contributed by atoms with E-state index in [0.717, 1.165) is 17.7 Å². The number of aryl methyl sites for hydroxylation is 2. The summed E-state index contributed by atoms with van der Waals surface area (Å²) in [6, 6.07) is 6.70. The van der Waals surface area contributed by atoms with Gasteiger partial charge < -0.3 is 4.74 Å². The van der Waals surface area contributed by atoms with Crippen LogP contribution in [0, 0.1) is 0 Å². The van der Waals surface area contributed by atoms with Gasteiger partial charge in [0.1, 0.15) is 5.75 Å². The molecular weight excluding hydrogens is 324 g/mol. The number of hydrogen-bond donors (Lipinski definition) is 0. The van der Waals surface area contributed by atoms with Crippen LogP contribution in [-0.4, -0.2) is 11.9 Å². The summed E-state index contributed by atoms with van der Waals surface area (Å²) >= 11 is 3.48. The summed E-state index contributed by atoms with van der Waals surface area (Å²) in [4.78, 5) is 0. The Morgan fingerprint density at radius 1 is 0.810 bits per heavy atom. The monoisotopic (exact) mass is 352 g/mol. The minimum absolute atomic E-state index is 0.875. The lowest BCUT2D eigenvalue weighted by Gasteiger charge is -2.16. The molecule has 1 nitrogen and oxygen atoms in total. The summed E-state index contributed by atoms with van der Waals surface area (Å²) in [5.41, 5.74) is 3.06. The van der Waals surface area contributed by atoms with Crippen LogP contribution in [0.15, 0.2) is 18.2 Å². The van der Waals surface area contributed by atoms with E-state index in [1.165, 1.54) is 81.8 Å². The van der Waals surface area contributed by atoms with Gasteiger partial charge in [-0.15, -0.1) is 0 Å². The molecule has 0 unspecified atom stereocenters. The normalized spacial score (nSPS) is 14.0. The molecule has 0 amide bonds. The molecular formula is C19H29BrO. The average Bonchev–Trinajstić information content (AvgIpc) is 2.53.